The Labute approximate surface area is 153 Å². The molecule has 0 spiro atoms. The summed E-state index contributed by atoms with van der Waals surface area (Å²) in [5.41, 5.74) is 0.690. The first-order valence-electron chi connectivity index (χ1n) is 8.55. The zero-order chi connectivity index (χ0) is 18.9. The molecule has 1 fully saturated rings. The van der Waals surface area contributed by atoms with Crippen LogP contribution in [0.5, 0.6) is 0 Å². The molecule has 1 N–H and O–H groups in total. The SMILES string of the molecule is CCOC(=O)c1sc2ncnc(N[C@@H]3CCC[C@@H](C(F)(F)F)C3)c2c1C. The number of halogens is 3. The molecule has 0 unspecified atom stereocenters. The second kappa shape index (κ2) is 7.38. The highest BCUT2D eigenvalue weighted by molar-refractivity contribution is 7.20. The van der Waals surface area contributed by atoms with Crippen LogP contribution in [0.3, 0.4) is 0 Å². The highest BCUT2D eigenvalue weighted by atomic mass is 32.1. The molecule has 142 valence electrons. The number of aromatic nitrogens is 2. The lowest BCUT2D eigenvalue weighted by Gasteiger charge is -2.31. The number of esters is 1. The van der Waals surface area contributed by atoms with Crippen molar-refractivity contribution >= 4 is 33.3 Å². The molecule has 1 saturated carbocycles. The summed E-state index contributed by atoms with van der Waals surface area (Å²) >= 11 is 1.21. The Morgan fingerprint density at radius 2 is 2.15 bits per heavy atom. The zero-order valence-corrected chi connectivity index (χ0v) is 15.3. The number of nitrogens with zero attached hydrogens (tertiary/aromatic N) is 2. The van der Waals surface area contributed by atoms with Crippen LogP contribution in [0.1, 0.15) is 47.8 Å². The Kier molecular flexibility index (Phi) is 5.36. The molecule has 0 saturated heterocycles. The molecule has 2 heterocycles. The minimum absolute atomic E-state index is 0.0307. The fourth-order valence-corrected chi connectivity index (χ4v) is 4.43. The topological polar surface area (TPSA) is 64.1 Å². The number of thiophene rings is 1. The fraction of sp³-hybridized carbons (Fsp3) is 0.588. The van der Waals surface area contributed by atoms with Crippen LogP contribution in [0.2, 0.25) is 0 Å². The van der Waals surface area contributed by atoms with Crippen molar-refractivity contribution in [3.8, 4) is 0 Å². The molecule has 0 amide bonds. The summed E-state index contributed by atoms with van der Waals surface area (Å²) in [5, 5.41) is 3.83. The van der Waals surface area contributed by atoms with E-state index in [9.17, 15) is 18.0 Å². The fourth-order valence-electron chi connectivity index (χ4n) is 3.38. The Morgan fingerprint density at radius 3 is 2.85 bits per heavy atom. The molecular weight excluding hydrogens is 367 g/mol. The molecule has 0 radical (unpaired) electrons. The Balaban J connectivity index is 1.87. The minimum Gasteiger partial charge on any atom is -0.462 e. The van der Waals surface area contributed by atoms with Crippen LogP contribution in [0.15, 0.2) is 6.33 Å². The van der Waals surface area contributed by atoms with Gasteiger partial charge < -0.3 is 10.1 Å². The number of fused-ring (bicyclic) bond motifs is 1. The van der Waals surface area contributed by atoms with E-state index >= 15 is 0 Å². The van der Waals surface area contributed by atoms with Crippen LogP contribution in [-0.4, -0.2) is 34.8 Å². The van der Waals surface area contributed by atoms with Gasteiger partial charge in [-0.2, -0.15) is 13.2 Å². The first-order chi connectivity index (χ1) is 12.3. The third-order valence-electron chi connectivity index (χ3n) is 4.67. The van der Waals surface area contributed by atoms with Crippen molar-refractivity contribution in [3.05, 3.63) is 16.8 Å². The van der Waals surface area contributed by atoms with Gasteiger partial charge in [0.15, 0.2) is 0 Å². The number of alkyl halides is 3. The maximum atomic E-state index is 13.0. The molecule has 1 aliphatic carbocycles. The van der Waals surface area contributed by atoms with Gasteiger partial charge in [0.2, 0.25) is 0 Å². The van der Waals surface area contributed by atoms with E-state index in [0.29, 0.717) is 39.3 Å². The summed E-state index contributed by atoms with van der Waals surface area (Å²) in [5.74, 6) is -1.23. The molecular formula is C17H20F3N3O2S. The number of nitrogens with one attached hydrogen (secondary N) is 1. The highest BCUT2D eigenvalue weighted by Gasteiger charge is 2.42. The average molecular weight is 387 g/mol. The smallest absolute Gasteiger partial charge is 0.391 e. The van der Waals surface area contributed by atoms with Gasteiger partial charge in [0.1, 0.15) is 21.9 Å². The van der Waals surface area contributed by atoms with Crippen LogP contribution in [0, 0.1) is 12.8 Å². The molecule has 2 aromatic rings. The summed E-state index contributed by atoms with van der Waals surface area (Å²) < 4.78 is 44.2. The van der Waals surface area contributed by atoms with Gasteiger partial charge in [0, 0.05) is 6.04 Å². The Morgan fingerprint density at radius 1 is 1.38 bits per heavy atom. The van der Waals surface area contributed by atoms with E-state index in [0.717, 1.165) is 0 Å². The van der Waals surface area contributed by atoms with Gasteiger partial charge in [-0.15, -0.1) is 11.3 Å². The predicted molar refractivity (Wildman–Crippen MR) is 93.5 cm³/mol. The van der Waals surface area contributed by atoms with E-state index in [-0.39, 0.29) is 25.5 Å². The summed E-state index contributed by atoms with van der Waals surface area (Å²) in [6, 6.07) is -0.307. The molecule has 1 aliphatic rings. The predicted octanol–water partition coefficient (Wildman–Crippen LogP) is 4.71. The van der Waals surface area contributed by atoms with E-state index in [1.165, 1.54) is 17.7 Å². The number of aryl methyl sites for hydroxylation is 1. The van der Waals surface area contributed by atoms with E-state index in [1.54, 1.807) is 13.8 Å². The first kappa shape index (κ1) is 18.9. The molecule has 5 nitrogen and oxygen atoms in total. The van der Waals surface area contributed by atoms with Crippen LogP contribution in [-0.2, 0) is 4.74 Å². The summed E-state index contributed by atoms with van der Waals surface area (Å²) in [7, 11) is 0. The summed E-state index contributed by atoms with van der Waals surface area (Å²) in [6.07, 6.45) is -1.43. The zero-order valence-electron chi connectivity index (χ0n) is 14.5. The number of hydrogen-bond donors (Lipinski definition) is 1. The largest absolute Gasteiger partial charge is 0.462 e. The number of ether oxygens (including phenoxy) is 1. The lowest BCUT2D eigenvalue weighted by molar-refractivity contribution is -0.182. The van der Waals surface area contributed by atoms with Gasteiger partial charge in [-0.1, -0.05) is 6.42 Å². The maximum absolute atomic E-state index is 13.0. The van der Waals surface area contributed by atoms with Crippen molar-refractivity contribution in [1.82, 2.24) is 9.97 Å². The molecule has 2 aromatic heterocycles. The van der Waals surface area contributed by atoms with Gasteiger partial charge in [0.05, 0.1) is 17.9 Å². The molecule has 0 aliphatic heterocycles. The lowest BCUT2D eigenvalue weighted by atomic mass is 9.85. The Bertz CT molecular complexity index is 806. The van der Waals surface area contributed by atoms with Crippen LogP contribution in [0.4, 0.5) is 19.0 Å². The quantitative estimate of drug-likeness (QED) is 0.770. The number of carbonyl (C=O) groups excluding carboxylic acids is 1. The number of anilines is 1. The van der Waals surface area contributed by atoms with Crippen LogP contribution in [0.25, 0.3) is 10.2 Å². The maximum Gasteiger partial charge on any atom is 0.391 e. The highest BCUT2D eigenvalue weighted by Crippen LogP contribution is 2.39. The van der Waals surface area contributed by atoms with Crippen molar-refractivity contribution in [2.75, 3.05) is 11.9 Å². The third kappa shape index (κ3) is 3.77. The monoisotopic (exact) mass is 387 g/mol. The standard InChI is InChI=1S/C17H20F3N3O2S/c1-3-25-16(24)13-9(2)12-14(21-8-22-15(12)26-13)23-11-6-4-5-10(7-11)17(18,19)20/h8,10-11H,3-7H2,1-2H3,(H,21,22,23)/t10-,11-/m1/s1. The van der Waals surface area contributed by atoms with E-state index in [4.69, 9.17) is 4.74 Å². The van der Waals surface area contributed by atoms with Crippen molar-refractivity contribution < 1.29 is 22.7 Å². The normalized spacial score (nSPS) is 21.0. The second-order valence-electron chi connectivity index (χ2n) is 6.43. The molecule has 26 heavy (non-hydrogen) atoms. The third-order valence-corrected chi connectivity index (χ3v) is 5.85. The molecule has 0 aromatic carbocycles. The van der Waals surface area contributed by atoms with Crippen molar-refractivity contribution in [3.63, 3.8) is 0 Å². The number of carbonyl (C=O) groups is 1. The van der Waals surface area contributed by atoms with Gasteiger partial charge in [-0.05, 0) is 38.7 Å². The molecule has 2 atom stereocenters. The van der Waals surface area contributed by atoms with E-state index in [1.807, 2.05) is 0 Å². The number of hydrogen-bond acceptors (Lipinski definition) is 6. The lowest BCUT2D eigenvalue weighted by Crippen LogP contribution is -2.34. The first-order valence-corrected chi connectivity index (χ1v) is 9.37. The van der Waals surface area contributed by atoms with Crippen LogP contribution < -0.4 is 5.32 Å². The summed E-state index contributed by atoms with van der Waals surface area (Å²) in [6.45, 7) is 3.77. The average Bonchev–Trinajstić information content (AvgIpc) is 2.93. The van der Waals surface area contributed by atoms with Gasteiger partial charge in [-0.25, -0.2) is 14.8 Å². The van der Waals surface area contributed by atoms with Gasteiger partial charge in [0.25, 0.3) is 0 Å². The van der Waals surface area contributed by atoms with Crippen LogP contribution >= 0.6 is 11.3 Å². The Hall–Kier alpha value is -1.90. The van der Waals surface area contributed by atoms with Crippen molar-refractivity contribution in [1.29, 1.82) is 0 Å². The van der Waals surface area contributed by atoms with Gasteiger partial charge >= 0.3 is 12.1 Å². The summed E-state index contributed by atoms with van der Waals surface area (Å²) in [4.78, 5) is 21.6. The number of rotatable bonds is 4. The molecule has 3 rings (SSSR count). The minimum atomic E-state index is -4.17. The van der Waals surface area contributed by atoms with Crippen molar-refractivity contribution in [2.45, 2.75) is 51.7 Å². The van der Waals surface area contributed by atoms with Crippen molar-refractivity contribution in [2.24, 2.45) is 5.92 Å². The molecule has 0 bridgehead atoms. The second-order valence-corrected chi connectivity index (χ2v) is 7.42. The van der Waals surface area contributed by atoms with Gasteiger partial charge in [-0.3, -0.25) is 0 Å². The molecule has 9 heteroatoms. The van der Waals surface area contributed by atoms with E-state index in [2.05, 4.69) is 15.3 Å². The van der Waals surface area contributed by atoms with E-state index < -0.39 is 18.1 Å².